The number of carbonyl (C=O) groups is 4. The second-order valence-corrected chi connectivity index (χ2v) is 11.3. The highest BCUT2D eigenvalue weighted by molar-refractivity contribution is 7.81. The standard InChI is InChI=1S/C31H37N3O6S/c1-7-39-26(35)17-20(2)34-27(22-11-9-8-10-12-22)29(37)33(6)25-16-14-21(18-24(25)28(34)36)13-15-23(41)19-32-30(38)40-31(3,4)5/h8-12,14,16,18,20,23,27,41H,7,17,19H2,1-6H3,(H,32,38). The van der Waals surface area contributed by atoms with E-state index in [-0.39, 0.29) is 31.0 Å². The number of likely N-dealkylation sites (N-methyl/N-ethyl adjacent to an activating group) is 1. The van der Waals surface area contributed by atoms with Crippen molar-refractivity contribution in [3.63, 3.8) is 0 Å². The number of thiol groups is 1. The summed E-state index contributed by atoms with van der Waals surface area (Å²) in [5.74, 6) is 4.80. The summed E-state index contributed by atoms with van der Waals surface area (Å²) in [6.07, 6.45) is -0.632. The van der Waals surface area contributed by atoms with Gasteiger partial charge in [0.2, 0.25) is 0 Å². The Balaban J connectivity index is 1.94. The summed E-state index contributed by atoms with van der Waals surface area (Å²) in [5.41, 5.74) is 1.27. The van der Waals surface area contributed by atoms with Crippen LogP contribution in [0.15, 0.2) is 48.5 Å². The minimum Gasteiger partial charge on any atom is -0.466 e. The average Bonchev–Trinajstić information content (AvgIpc) is 2.99. The summed E-state index contributed by atoms with van der Waals surface area (Å²) >= 11 is 4.43. The van der Waals surface area contributed by atoms with E-state index in [1.165, 1.54) is 9.80 Å². The molecule has 218 valence electrons. The Labute approximate surface area is 247 Å². The molecule has 3 unspecified atom stereocenters. The molecule has 0 aromatic heterocycles. The quantitative estimate of drug-likeness (QED) is 0.287. The van der Waals surface area contributed by atoms with Crippen molar-refractivity contribution in [2.45, 2.75) is 64.0 Å². The number of fused-ring (bicyclic) bond motifs is 1. The fourth-order valence-corrected chi connectivity index (χ4v) is 4.58. The highest BCUT2D eigenvalue weighted by Gasteiger charge is 2.42. The lowest BCUT2D eigenvalue weighted by Crippen LogP contribution is -2.46. The van der Waals surface area contributed by atoms with Crippen LogP contribution in [0.25, 0.3) is 0 Å². The number of nitrogens with zero attached hydrogens (tertiary/aromatic N) is 2. The monoisotopic (exact) mass is 579 g/mol. The highest BCUT2D eigenvalue weighted by Crippen LogP contribution is 2.36. The molecule has 0 spiro atoms. The van der Waals surface area contributed by atoms with Gasteiger partial charge in [-0.3, -0.25) is 14.4 Å². The number of benzene rings is 2. The molecule has 41 heavy (non-hydrogen) atoms. The predicted molar refractivity (Wildman–Crippen MR) is 160 cm³/mol. The summed E-state index contributed by atoms with van der Waals surface area (Å²) in [6.45, 7) is 9.14. The topological polar surface area (TPSA) is 105 Å². The van der Waals surface area contributed by atoms with E-state index in [1.54, 1.807) is 84.1 Å². The van der Waals surface area contributed by atoms with Crippen molar-refractivity contribution in [2.75, 3.05) is 25.1 Å². The van der Waals surface area contributed by atoms with Gasteiger partial charge >= 0.3 is 12.1 Å². The second-order valence-electron chi connectivity index (χ2n) is 10.7. The minimum atomic E-state index is -0.944. The van der Waals surface area contributed by atoms with Crippen LogP contribution in [0.5, 0.6) is 0 Å². The molecular formula is C31H37N3O6S. The summed E-state index contributed by atoms with van der Waals surface area (Å²) in [6, 6.07) is 12.5. The normalized spacial score (nSPS) is 16.5. The van der Waals surface area contributed by atoms with Crippen molar-refractivity contribution in [2.24, 2.45) is 0 Å². The molecule has 1 aliphatic heterocycles. The number of carbonyl (C=O) groups excluding carboxylic acids is 4. The van der Waals surface area contributed by atoms with Gasteiger partial charge in [0.15, 0.2) is 0 Å². The molecule has 9 nitrogen and oxygen atoms in total. The fourth-order valence-electron chi connectivity index (χ4n) is 4.42. The van der Waals surface area contributed by atoms with Crippen molar-refractivity contribution < 1.29 is 28.7 Å². The molecule has 1 heterocycles. The van der Waals surface area contributed by atoms with Crippen molar-refractivity contribution in [3.05, 3.63) is 65.2 Å². The molecule has 0 fully saturated rings. The van der Waals surface area contributed by atoms with Crippen LogP contribution < -0.4 is 10.2 Å². The van der Waals surface area contributed by atoms with Crippen LogP contribution in [-0.2, 0) is 19.1 Å². The number of nitrogens with one attached hydrogen (secondary N) is 1. The predicted octanol–water partition coefficient (Wildman–Crippen LogP) is 4.36. The minimum absolute atomic E-state index is 0.0687. The van der Waals surface area contributed by atoms with E-state index < -0.39 is 40.9 Å². The maximum Gasteiger partial charge on any atom is 0.407 e. The van der Waals surface area contributed by atoms with Gasteiger partial charge in [-0.25, -0.2) is 4.79 Å². The lowest BCUT2D eigenvalue weighted by molar-refractivity contribution is -0.144. The number of rotatable bonds is 7. The van der Waals surface area contributed by atoms with Crippen LogP contribution in [0.1, 0.15) is 68.6 Å². The van der Waals surface area contributed by atoms with E-state index in [1.807, 2.05) is 6.07 Å². The lowest BCUT2D eigenvalue weighted by atomic mass is 10.0. The Bertz CT molecular complexity index is 1350. The number of amides is 3. The number of anilines is 1. The number of alkyl carbamates (subject to hydrolysis) is 1. The zero-order chi connectivity index (χ0) is 30.3. The number of hydrogen-bond donors (Lipinski definition) is 2. The van der Waals surface area contributed by atoms with Crippen molar-refractivity contribution in [1.29, 1.82) is 0 Å². The van der Waals surface area contributed by atoms with Crippen LogP contribution >= 0.6 is 12.6 Å². The molecule has 1 aliphatic rings. The second kappa shape index (κ2) is 13.6. The molecule has 3 amide bonds. The summed E-state index contributed by atoms with van der Waals surface area (Å²) in [5, 5.41) is 2.14. The molecule has 0 radical (unpaired) electrons. The van der Waals surface area contributed by atoms with Gasteiger partial charge in [0, 0.05) is 25.2 Å². The number of ether oxygens (including phenoxy) is 2. The zero-order valence-corrected chi connectivity index (χ0v) is 25.2. The first kappa shape index (κ1) is 31.6. The summed E-state index contributed by atoms with van der Waals surface area (Å²) in [7, 11) is 1.63. The van der Waals surface area contributed by atoms with Gasteiger partial charge in [-0.15, -0.1) is 0 Å². The summed E-state index contributed by atoms with van der Waals surface area (Å²) < 4.78 is 10.4. The fraction of sp³-hybridized carbons (Fsp3) is 0.419. The van der Waals surface area contributed by atoms with Gasteiger partial charge in [0.1, 0.15) is 11.6 Å². The van der Waals surface area contributed by atoms with Crippen LogP contribution in [0.3, 0.4) is 0 Å². The van der Waals surface area contributed by atoms with Gasteiger partial charge in [0.05, 0.1) is 29.5 Å². The Morgan fingerprint density at radius 1 is 1.12 bits per heavy atom. The van der Waals surface area contributed by atoms with Crippen molar-refractivity contribution >= 4 is 42.2 Å². The van der Waals surface area contributed by atoms with Gasteiger partial charge in [-0.05, 0) is 58.4 Å². The molecule has 0 saturated heterocycles. The van der Waals surface area contributed by atoms with Crippen molar-refractivity contribution in [3.8, 4) is 11.8 Å². The molecule has 1 N–H and O–H groups in total. The van der Waals surface area contributed by atoms with Gasteiger partial charge < -0.3 is 24.6 Å². The van der Waals surface area contributed by atoms with E-state index in [0.717, 1.165) is 0 Å². The van der Waals surface area contributed by atoms with Gasteiger partial charge in [0.25, 0.3) is 11.8 Å². The molecule has 0 aliphatic carbocycles. The third kappa shape index (κ3) is 8.27. The smallest absolute Gasteiger partial charge is 0.407 e. The van der Waals surface area contributed by atoms with Crippen LogP contribution in [0.4, 0.5) is 10.5 Å². The Hall–Kier alpha value is -3.97. The third-order valence-corrected chi connectivity index (χ3v) is 6.56. The average molecular weight is 580 g/mol. The van der Waals surface area contributed by atoms with E-state index >= 15 is 0 Å². The lowest BCUT2D eigenvalue weighted by Gasteiger charge is -2.34. The Kier molecular flexibility index (Phi) is 10.5. The molecule has 3 rings (SSSR count). The van der Waals surface area contributed by atoms with Gasteiger partial charge in [-0.2, -0.15) is 12.6 Å². The van der Waals surface area contributed by atoms with Crippen LogP contribution in [0, 0.1) is 11.8 Å². The number of hydrogen-bond acceptors (Lipinski definition) is 7. The first-order chi connectivity index (χ1) is 19.3. The van der Waals surface area contributed by atoms with Gasteiger partial charge in [-0.1, -0.05) is 42.2 Å². The highest BCUT2D eigenvalue weighted by atomic mass is 32.1. The molecule has 10 heteroatoms. The largest absolute Gasteiger partial charge is 0.466 e. The van der Waals surface area contributed by atoms with Crippen LogP contribution in [0.2, 0.25) is 0 Å². The molecule has 0 bridgehead atoms. The Morgan fingerprint density at radius 3 is 2.44 bits per heavy atom. The van der Waals surface area contributed by atoms with E-state index in [4.69, 9.17) is 9.47 Å². The maximum absolute atomic E-state index is 14.1. The summed E-state index contributed by atoms with van der Waals surface area (Å²) in [4.78, 5) is 55.2. The van der Waals surface area contributed by atoms with Crippen LogP contribution in [-0.4, -0.2) is 65.9 Å². The molecule has 3 atom stereocenters. The molecule has 0 saturated carbocycles. The Morgan fingerprint density at radius 2 is 1.80 bits per heavy atom. The molecule has 2 aromatic rings. The first-order valence-corrected chi connectivity index (χ1v) is 13.9. The maximum atomic E-state index is 14.1. The van der Waals surface area contributed by atoms with E-state index in [9.17, 15) is 19.2 Å². The third-order valence-electron chi connectivity index (χ3n) is 6.24. The molecular weight excluding hydrogens is 542 g/mol. The van der Waals surface area contributed by atoms with E-state index in [0.29, 0.717) is 16.8 Å². The number of esters is 1. The zero-order valence-electron chi connectivity index (χ0n) is 24.3. The van der Waals surface area contributed by atoms with Crippen molar-refractivity contribution in [1.82, 2.24) is 10.2 Å². The first-order valence-electron chi connectivity index (χ1n) is 13.4. The van der Waals surface area contributed by atoms with E-state index in [2.05, 4.69) is 29.8 Å². The molecule has 2 aromatic carbocycles. The SMILES string of the molecule is CCOC(=O)CC(C)N1C(=O)c2cc(C#CC(S)CNC(=O)OC(C)(C)C)ccc2N(C)C(=O)C1c1ccccc1.